The summed E-state index contributed by atoms with van der Waals surface area (Å²) in [4.78, 5) is 2.19. The van der Waals surface area contributed by atoms with Crippen LogP contribution in [0.2, 0.25) is 0 Å². The van der Waals surface area contributed by atoms with E-state index < -0.39 is 0 Å². The fraction of sp³-hybridized carbons (Fsp3) is 0.533. The number of halogens is 1. The molecule has 1 saturated heterocycles. The van der Waals surface area contributed by atoms with E-state index in [9.17, 15) is 4.39 Å². The molecular weight excluding hydrogens is 227 g/mol. The van der Waals surface area contributed by atoms with Crippen LogP contribution in [0.25, 0.3) is 0 Å². The molecule has 1 unspecified atom stereocenters. The first-order chi connectivity index (χ1) is 8.53. The summed E-state index contributed by atoms with van der Waals surface area (Å²) in [5.41, 5.74) is 1.12. The van der Waals surface area contributed by atoms with E-state index >= 15 is 0 Å². The van der Waals surface area contributed by atoms with Crippen molar-refractivity contribution in [3.8, 4) is 6.07 Å². The van der Waals surface area contributed by atoms with E-state index in [0.717, 1.165) is 25.2 Å². The molecule has 96 valence electrons. The van der Waals surface area contributed by atoms with Gasteiger partial charge in [-0.2, -0.15) is 5.26 Å². The van der Waals surface area contributed by atoms with Gasteiger partial charge in [-0.15, -0.1) is 0 Å². The Labute approximate surface area is 108 Å². The Morgan fingerprint density at radius 2 is 2.28 bits per heavy atom. The normalized spacial score (nSPS) is 22.6. The smallest absolute Gasteiger partial charge is 0.125 e. The molecule has 1 aromatic rings. The van der Waals surface area contributed by atoms with E-state index in [-0.39, 0.29) is 11.2 Å². The monoisotopic (exact) mass is 246 g/mol. The first-order valence-corrected chi connectivity index (χ1v) is 6.40. The van der Waals surface area contributed by atoms with E-state index in [2.05, 4.69) is 24.8 Å². The highest BCUT2D eigenvalue weighted by atomic mass is 19.1. The molecule has 1 heterocycles. The lowest BCUT2D eigenvalue weighted by Crippen LogP contribution is -2.44. The number of piperidine rings is 1. The van der Waals surface area contributed by atoms with Gasteiger partial charge in [0.15, 0.2) is 0 Å². The van der Waals surface area contributed by atoms with Gasteiger partial charge in [-0.25, -0.2) is 4.39 Å². The fourth-order valence-electron chi connectivity index (χ4n) is 2.59. The van der Waals surface area contributed by atoms with Gasteiger partial charge in [-0.1, -0.05) is 19.9 Å². The predicted molar refractivity (Wildman–Crippen MR) is 70.7 cm³/mol. The molecule has 0 aliphatic carbocycles. The number of benzene rings is 1. The quantitative estimate of drug-likeness (QED) is 0.797. The van der Waals surface area contributed by atoms with Crippen LogP contribution in [-0.2, 0) is 0 Å². The largest absolute Gasteiger partial charge is 0.371 e. The van der Waals surface area contributed by atoms with Gasteiger partial charge in [0.1, 0.15) is 5.82 Å². The summed E-state index contributed by atoms with van der Waals surface area (Å²) in [5, 5.41) is 8.92. The first-order valence-electron chi connectivity index (χ1n) is 6.40. The first kappa shape index (κ1) is 12.9. The van der Waals surface area contributed by atoms with Crippen molar-refractivity contribution in [1.29, 1.82) is 5.26 Å². The SMILES string of the molecule is CC1(C)CCN(c2cccc(F)c2)CC1CC#N. The van der Waals surface area contributed by atoms with Crippen molar-refractivity contribution in [2.45, 2.75) is 26.7 Å². The van der Waals surface area contributed by atoms with Crippen LogP contribution in [0.5, 0.6) is 0 Å². The van der Waals surface area contributed by atoms with Crippen molar-refractivity contribution < 1.29 is 4.39 Å². The number of rotatable bonds is 2. The average Bonchev–Trinajstić information content (AvgIpc) is 2.32. The van der Waals surface area contributed by atoms with Crippen LogP contribution in [0, 0.1) is 28.5 Å². The van der Waals surface area contributed by atoms with Crippen LogP contribution in [0.3, 0.4) is 0 Å². The van der Waals surface area contributed by atoms with E-state index in [1.165, 1.54) is 6.07 Å². The van der Waals surface area contributed by atoms with E-state index in [0.29, 0.717) is 12.3 Å². The van der Waals surface area contributed by atoms with Crippen molar-refractivity contribution in [3.63, 3.8) is 0 Å². The maximum absolute atomic E-state index is 13.2. The lowest BCUT2D eigenvalue weighted by Gasteiger charge is -2.44. The maximum atomic E-state index is 13.2. The molecule has 3 heteroatoms. The predicted octanol–water partition coefficient (Wildman–Crippen LogP) is 3.59. The zero-order valence-electron chi connectivity index (χ0n) is 11.0. The Hall–Kier alpha value is -1.56. The van der Waals surface area contributed by atoms with Crippen molar-refractivity contribution in [2.75, 3.05) is 18.0 Å². The van der Waals surface area contributed by atoms with E-state index in [1.807, 2.05) is 6.07 Å². The zero-order valence-corrected chi connectivity index (χ0v) is 11.0. The molecule has 1 atom stereocenters. The second-order valence-corrected chi connectivity index (χ2v) is 5.72. The second kappa shape index (κ2) is 4.97. The summed E-state index contributed by atoms with van der Waals surface area (Å²) in [6.07, 6.45) is 1.61. The van der Waals surface area contributed by atoms with Crippen LogP contribution in [0.4, 0.5) is 10.1 Å². The van der Waals surface area contributed by atoms with Gasteiger partial charge >= 0.3 is 0 Å². The molecule has 2 rings (SSSR count). The molecule has 0 amide bonds. The van der Waals surface area contributed by atoms with Crippen LogP contribution in [-0.4, -0.2) is 13.1 Å². The molecule has 1 aliphatic heterocycles. The molecule has 18 heavy (non-hydrogen) atoms. The van der Waals surface area contributed by atoms with Crippen LogP contribution in [0.1, 0.15) is 26.7 Å². The van der Waals surface area contributed by atoms with Crippen molar-refractivity contribution in [2.24, 2.45) is 11.3 Å². The molecule has 0 spiro atoms. The van der Waals surface area contributed by atoms with Crippen LogP contribution >= 0.6 is 0 Å². The molecule has 1 fully saturated rings. The highest BCUT2D eigenvalue weighted by Gasteiger charge is 2.35. The lowest BCUT2D eigenvalue weighted by atomic mass is 9.72. The summed E-state index contributed by atoms with van der Waals surface area (Å²) in [7, 11) is 0. The fourth-order valence-corrected chi connectivity index (χ4v) is 2.59. The molecule has 0 saturated carbocycles. The van der Waals surface area contributed by atoms with E-state index in [4.69, 9.17) is 5.26 Å². The Morgan fingerprint density at radius 3 is 2.94 bits per heavy atom. The van der Waals surface area contributed by atoms with Crippen LogP contribution < -0.4 is 4.90 Å². The number of anilines is 1. The van der Waals surface area contributed by atoms with Crippen molar-refractivity contribution in [3.05, 3.63) is 30.1 Å². The zero-order chi connectivity index (χ0) is 13.2. The van der Waals surface area contributed by atoms with Crippen LogP contribution in [0.15, 0.2) is 24.3 Å². The third-order valence-corrected chi connectivity index (χ3v) is 4.08. The molecular formula is C15H19FN2. The van der Waals surface area contributed by atoms with Crippen molar-refractivity contribution in [1.82, 2.24) is 0 Å². The maximum Gasteiger partial charge on any atom is 0.125 e. The number of hydrogen-bond acceptors (Lipinski definition) is 2. The topological polar surface area (TPSA) is 27.0 Å². The summed E-state index contributed by atoms with van der Waals surface area (Å²) in [6.45, 7) is 6.21. The minimum Gasteiger partial charge on any atom is -0.371 e. The number of hydrogen-bond donors (Lipinski definition) is 0. The minimum absolute atomic E-state index is 0.194. The Balaban J connectivity index is 2.16. The number of nitrogens with zero attached hydrogens (tertiary/aromatic N) is 2. The lowest BCUT2D eigenvalue weighted by molar-refractivity contribution is 0.174. The third-order valence-electron chi connectivity index (χ3n) is 4.08. The van der Waals surface area contributed by atoms with E-state index in [1.54, 1.807) is 12.1 Å². The van der Waals surface area contributed by atoms with Gasteiger partial charge < -0.3 is 4.90 Å². The van der Waals surface area contributed by atoms with Gasteiger partial charge in [0.05, 0.1) is 6.07 Å². The Morgan fingerprint density at radius 1 is 1.50 bits per heavy atom. The molecule has 0 aromatic heterocycles. The molecule has 2 nitrogen and oxygen atoms in total. The Bertz CT molecular complexity index is 462. The second-order valence-electron chi connectivity index (χ2n) is 5.72. The summed E-state index contributed by atoms with van der Waals surface area (Å²) < 4.78 is 13.2. The molecule has 1 aliphatic rings. The molecule has 0 N–H and O–H groups in total. The Kier molecular flexibility index (Phi) is 3.56. The highest BCUT2D eigenvalue weighted by molar-refractivity contribution is 5.47. The summed E-state index contributed by atoms with van der Waals surface area (Å²) in [6, 6.07) is 8.98. The van der Waals surface area contributed by atoms with Gasteiger partial charge in [0.2, 0.25) is 0 Å². The molecule has 1 aromatic carbocycles. The standard InChI is InChI=1S/C15H19FN2/c1-15(2)7-9-18(11-12(15)6-8-17)14-5-3-4-13(16)10-14/h3-5,10,12H,6-7,9,11H2,1-2H3. The van der Waals surface area contributed by atoms with Gasteiger partial charge in [0, 0.05) is 25.2 Å². The van der Waals surface area contributed by atoms with Gasteiger partial charge in [0.25, 0.3) is 0 Å². The summed E-state index contributed by atoms with van der Waals surface area (Å²) >= 11 is 0. The highest BCUT2D eigenvalue weighted by Crippen LogP contribution is 2.38. The van der Waals surface area contributed by atoms with Crippen molar-refractivity contribution >= 4 is 5.69 Å². The number of nitriles is 1. The molecule has 0 bridgehead atoms. The average molecular weight is 246 g/mol. The summed E-state index contributed by atoms with van der Waals surface area (Å²) in [5.74, 6) is 0.147. The minimum atomic E-state index is -0.200. The van der Waals surface area contributed by atoms with Gasteiger partial charge in [-0.3, -0.25) is 0 Å². The molecule has 0 radical (unpaired) electrons. The third kappa shape index (κ3) is 2.64. The van der Waals surface area contributed by atoms with Gasteiger partial charge in [-0.05, 0) is 36.0 Å².